The summed E-state index contributed by atoms with van der Waals surface area (Å²) < 4.78 is 5.76. The van der Waals surface area contributed by atoms with Crippen LogP contribution in [-0.4, -0.2) is 71.7 Å². The number of piperidine rings is 1. The maximum Gasteiger partial charge on any atom is 0.255 e. The molecule has 1 saturated heterocycles. The number of hydrogen-bond acceptors (Lipinski definition) is 6. The molecule has 0 aromatic heterocycles. The highest BCUT2D eigenvalue weighted by Gasteiger charge is 2.50. The number of ether oxygens (including phenoxy) is 1. The van der Waals surface area contributed by atoms with Crippen molar-refractivity contribution in [2.75, 3.05) is 26.7 Å². The molecule has 3 N–H and O–H groups in total. The van der Waals surface area contributed by atoms with Crippen LogP contribution in [0.25, 0.3) is 0 Å². The topological polar surface area (TPSA) is 117 Å². The number of carbonyl (C=O) groups excluding carboxylic acids is 3. The van der Waals surface area contributed by atoms with Crippen molar-refractivity contribution in [2.45, 2.75) is 45.4 Å². The van der Waals surface area contributed by atoms with Gasteiger partial charge in [0.15, 0.2) is 0 Å². The number of nitrogens with one attached hydrogen (secondary N) is 1. The van der Waals surface area contributed by atoms with Crippen LogP contribution >= 0.6 is 0 Å². The highest BCUT2D eigenvalue weighted by molar-refractivity contribution is 6.13. The minimum absolute atomic E-state index is 0.00242. The monoisotopic (exact) mass is 429 g/mol. The predicted octanol–water partition coefficient (Wildman–Crippen LogP) is 0.492. The summed E-state index contributed by atoms with van der Waals surface area (Å²) in [5.41, 5.74) is 5.67. The molecule has 168 valence electrons. The molecule has 3 rings (SSSR count). The van der Waals surface area contributed by atoms with Gasteiger partial charge in [0.05, 0.1) is 24.5 Å². The number of hydrogen-bond donors (Lipinski definition) is 2. The van der Waals surface area contributed by atoms with Gasteiger partial charge in [-0.1, -0.05) is 30.3 Å². The van der Waals surface area contributed by atoms with Gasteiger partial charge in [0, 0.05) is 26.6 Å². The van der Waals surface area contributed by atoms with E-state index in [9.17, 15) is 14.4 Å². The molecule has 3 amide bonds. The molecular weight excluding hydrogens is 398 g/mol. The quantitative estimate of drug-likeness (QED) is 0.654. The lowest BCUT2D eigenvalue weighted by Crippen LogP contribution is -2.60. The van der Waals surface area contributed by atoms with Gasteiger partial charge < -0.3 is 20.7 Å². The molecule has 1 unspecified atom stereocenters. The molecule has 1 fully saturated rings. The van der Waals surface area contributed by atoms with Crippen molar-refractivity contribution in [2.24, 2.45) is 16.3 Å². The Morgan fingerprint density at radius 1 is 1.32 bits per heavy atom. The van der Waals surface area contributed by atoms with E-state index in [0.717, 1.165) is 11.3 Å². The Bertz CT molecular complexity index is 880. The van der Waals surface area contributed by atoms with Crippen LogP contribution in [0.1, 0.15) is 32.8 Å². The number of rotatable bonds is 7. The number of hydrazone groups is 1. The molecule has 2 aliphatic rings. The molecule has 0 bridgehead atoms. The van der Waals surface area contributed by atoms with Crippen molar-refractivity contribution in [3.05, 3.63) is 35.9 Å². The number of nitrogens with zero attached hydrogens (tertiary/aromatic N) is 3. The maximum absolute atomic E-state index is 13.3. The third-order valence-corrected chi connectivity index (χ3v) is 5.70. The lowest BCUT2D eigenvalue weighted by molar-refractivity contribution is -0.143. The molecule has 31 heavy (non-hydrogen) atoms. The van der Waals surface area contributed by atoms with Crippen molar-refractivity contribution in [1.29, 1.82) is 0 Å². The van der Waals surface area contributed by atoms with Crippen molar-refractivity contribution < 1.29 is 19.1 Å². The van der Waals surface area contributed by atoms with Gasteiger partial charge in [-0.2, -0.15) is 5.10 Å². The van der Waals surface area contributed by atoms with Gasteiger partial charge in [0.2, 0.25) is 11.8 Å². The second-order valence-corrected chi connectivity index (χ2v) is 8.97. The van der Waals surface area contributed by atoms with Gasteiger partial charge in [-0.25, -0.2) is 5.01 Å². The van der Waals surface area contributed by atoms with E-state index in [2.05, 4.69) is 10.4 Å². The van der Waals surface area contributed by atoms with Crippen LogP contribution in [0, 0.1) is 5.41 Å². The average Bonchev–Trinajstić information content (AvgIpc) is 2.95. The van der Waals surface area contributed by atoms with E-state index >= 15 is 0 Å². The van der Waals surface area contributed by atoms with E-state index in [-0.39, 0.29) is 25.0 Å². The fourth-order valence-electron chi connectivity index (χ4n) is 3.80. The Hall–Kier alpha value is -2.78. The summed E-state index contributed by atoms with van der Waals surface area (Å²) in [7, 11) is 1.62. The van der Waals surface area contributed by atoms with Crippen LogP contribution in [0.5, 0.6) is 0 Å². The SMILES string of the molecule is CN1N=C2CCN(C(=O)[C@H](COCc3ccccc3)NC(=O)C(C)(C)N)CC2(C)C1=O. The summed E-state index contributed by atoms with van der Waals surface area (Å²) >= 11 is 0. The van der Waals surface area contributed by atoms with E-state index in [1.54, 1.807) is 32.7 Å². The molecule has 0 saturated carbocycles. The number of fused-ring (bicyclic) bond motifs is 1. The number of nitrogens with two attached hydrogens (primary N) is 1. The van der Waals surface area contributed by atoms with E-state index in [1.165, 1.54) is 5.01 Å². The normalized spacial score (nSPS) is 22.1. The van der Waals surface area contributed by atoms with Crippen molar-refractivity contribution in [3.63, 3.8) is 0 Å². The second kappa shape index (κ2) is 8.76. The number of amides is 3. The number of benzene rings is 1. The summed E-state index contributed by atoms with van der Waals surface area (Å²) in [6.45, 7) is 5.90. The molecule has 9 heteroatoms. The highest BCUT2D eigenvalue weighted by atomic mass is 16.5. The van der Waals surface area contributed by atoms with Gasteiger partial charge >= 0.3 is 0 Å². The largest absolute Gasteiger partial charge is 0.374 e. The zero-order valence-electron chi connectivity index (χ0n) is 18.6. The molecule has 2 aliphatic heterocycles. The summed E-state index contributed by atoms with van der Waals surface area (Å²) in [6, 6.07) is 8.66. The minimum Gasteiger partial charge on any atom is -0.374 e. The van der Waals surface area contributed by atoms with Crippen LogP contribution in [-0.2, 0) is 25.7 Å². The highest BCUT2D eigenvalue weighted by Crippen LogP contribution is 2.34. The summed E-state index contributed by atoms with van der Waals surface area (Å²) in [5, 5.41) is 8.38. The third-order valence-electron chi connectivity index (χ3n) is 5.70. The van der Waals surface area contributed by atoms with Gasteiger partial charge in [-0.15, -0.1) is 0 Å². The Morgan fingerprint density at radius 3 is 2.65 bits per heavy atom. The van der Waals surface area contributed by atoms with Crippen molar-refractivity contribution >= 4 is 23.4 Å². The van der Waals surface area contributed by atoms with Crippen LogP contribution in [0.15, 0.2) is 35.4 Å². The number of carbonyl (C=O) groups is 3. The van der Waals surface area contributed by atoms with Crippen LogP contribution in [0.3, 0.4) is 0 Å². The van der Waals surface area contributed by atoms with Gasteiger partial charge in [-0.05, 0) is 26.3 Å². The Balaban J connectivity index is 1.71. The molecule has 0 aliphatic carbocycles. The molecule has 2 heterocycles. The van der Waals surface area contributed by atoms with Crippen molar-refractivity contribution in [3.8, 4) is 0 Å². The molecule has 0 radical (unpaired) electrons. The lowest BCUT2D eigenvalue weighted by Gasteiger charge is -2.38. The fourth-order valence-corrected chi connectivity index (χ4v) is 3.80. The predicted molar refractivity (Wildman–Crippen MR) is 116 cm³/mol. The summed E-state index contributed by atoms with van der Waals surface area (Å²) in [5.74, 6) is -0.881. The first-order valence-electron chi connectivity index (χ1n) is 10.4. The molecule has 2 atom stereocenters. The molecule has 0 spiro atoms. The van der Waals surface area contributed by atoms with Gasteiger partial charge in [-0.3, -0.25) is 14.4 Å². The van der Waals surface area contributed by atoms with Gasteiger partial charge in [0.1, 0.15) is 11.5 Å². The first kappa shape index (κ1) is 22.9. The van der Waals surface area contributed by atoms with Crippen LogP contribution in [0.2, 0.25) is 0 Å². The number of likely N-dealkylation sites (tertiary alicyclic amines) is 1. The summed E-state index contributed by atoms with van der Waals surface area (Å²) in [4.78, 5) is 40.0. The maximum atomic E-state index is 13.3. The molecule has 9 nitrogen and oxygen atoms in total. The van der Waals surface area contributed by atoms with Crippen LogP contribution < -0.4 is 11.1 Å². The molecule has 1 aromatic rings. The third kappa shape index (κ3) is 4.94. The van der Waals surface area contributed by atoms with Crippen LogP contribution in [0.4, 0.5) is 0 Å². The Kier molecular flexibility index (Phi) is 6.47. The average molecular weight is 430 g/mol. The van der Waals surface area contributed by atoms with Crippen molar-refractivity contribution in [1.82, 2.24) is 15.2 Å². The minimum atomic E-state index is -1.14. The Labute approximate surface area is 182 Å². The van der Waals surface area contributed by atoms with E-state index in [0.29, 0.717) is 19.6 Å². The first-order chi connectivity index (χ1) is 14.5. The molecular formula is C22H31N5O4. The first-order valence-corrected chi connectivity index (χ1v) is 10.4. The summed E-state index contributed by atoms with van der Waals surface area (Å²) in [6.07, 6.45) is 0.506. The second-order valence-electron chi connectivity index (χ2n) is 8.97. The molecule has 1 aromatic carbocycles. The van der Waals surface area contributed by atoms with E-state index < -0.39 is 22.9 Å². The zero-order valence-corrected chi connectivity index (χ0v) is 18.6. The lowest BCUT2D eigenvalue weighted by atomic mass is 9.79. The smallest absolute Gasteiger partial charge is 0.255 e. The van der Waals surface area contributed by atoms with E-state index in [4.69, 9.17) is 10.5 Å². The zero-order chi connectivity index (χ0) is 22.8. The van der Waals surface area contributed by atoms with Gasteiger partial charge in [0.25, 0.3) is 5.91 Å². The Morgan fingerprint density at radius 2 is 2.00 bits per heavy atom. The van der Waals surface area contributed by atoms with E-state index in [1.807, 2.05) is 30.3 Å². The standard InChI is InChI=1S/C22H31N5O4/c1-21(2,23)19(29)24-16(13-31-12-15-8-6-5-7-9-15)18(28)27-11-10-17-22(3,14-27)20(30)26(4)25-17/h5-9,16H,10-14,23H2,1-4H3,(H,24,29)/t16-,22?/m0/s1. The fraction of sp³-hybridized carbons (Fsp3) is 0.545.